The van der Waals surface area contributed by atoms with E-state index in [4.69, 9.17) is 4.74 Å². The Kier molecular flexibility index (Phi) is 9.55. The van der Waals surface area contributed by atoms with Crippen molar-refractivity contribution < 1.29 is 41.0 Å². The van der Waals surface area contributed by atoms with Gasteiger partial charge in [0, 0.05) is 12.1 Å². The lowest BCUT2D eigenvalue weighted by molar-refractivity contribution is -0.274. The van der Waals surface area contributed by atoms with E-state index in [-0.39, 0.29) is 35.0 Å². The Morgan fingerprint density at radius 1 is 1.07 bits per heavy atom. The van der Waals surface area contributed by atoms with E-state index in [1.165, 1.54) is 28.0 Å². The zero-order chi connectivity index (χ0) is 33.0. The molecule has 240 valence electrons. The molecule has 0 aliphatic carbocycles. The van der Waals surface area contributed by atoms with E-state index < -0.39 is 35.5 Å². The number of aromatic nitrogens is 3. The molecule has 0 saturated carbocycles. The summed E-state index contributed by atoms with van der Waals surface area (Å²) in [7, 11) is 0. The summed E-state index contributed by atoms with van der Waals surface area (Å²) < 4.78 is 77.4. The second kappa shape index (κ2) is 13.6. The normalized spacial score (nSPS) is 14.2. The first kappa shape index (κ1) is 32.4. The molecule has 0 spiro atoms. The van der Waals surface area contributed by atoms with Crippen molar-refractivity contribution in [3.8, 4) is 17.2 Å². The van der Waals surface area contributed by atoms with E-state index in [1.54, 1.807) is 0 Å². The number of hydrogen-bond acceptors (Lipinski definition) is 7. The molecule has 1 aliphatic rings. The molecule has 5 rings (SSSR count). The molecule has 1 saturated heterocycles. The molecule has 46 heavy (non-hydrogen) atoms. The van der Waals surface area contributed by atoms with E-state index in [1.807, 2.05) is 32.0 Å². The van der Waals surface area contributed by atoms with Crippen LogP contribution in [0.3, 0.4) is 0 Å². The first-order valence-corrected chi connectivity index (χ1v) is 14.7. The zero-order valence-corrected chi connectivity index (χ0v) is 25.1. The predicted octanol–water partition coefficient (Wildman–Crippen LogP) is 6.95. The van der Waals surface area contributed by atoms with Gasteiger partial charge < -0.3 is 14.8 Å². The molecule has 10 nitrogen and oxygen atoms in total. The molecule has 1 aliphatic heterocycles. The van der Waals surface area contributed by atoms with Crippen molar-refractivity contribution in [2.24, 2.45) is 4.99 Å². The maximum absolute atomic E-state index is 14.9. The van der Waals surface area contributed by atoms with Crippen molar-refractivity contribution in [3.05, 3.63) is 89.5 Å². The molecule has 3 aromatic carbocycles. The van der Waals surface area contributed by atoms with Gasteiger partial charge in [-0.3, -0.25) is 9.69 Å². The fourth-order valence-electron chi connectivity index (χ4n) is 4.46. The van der Waals surface area contributed by atoms with Crippen molar-refractivity contribution in [1.82, 2.24) is 14.8 Å². The summed E-state index contributed by atoms with van der Waals surface area (Å²) >= 11 is 1.04. The Morgan fingerprint density at radius 3 is 2.46 bits per heavy atom. The Labute approximate surface area is 263 Å². The van der Waals surface area contributed by atoms with Crippen molar-refractivity contribution in [3.63, 3.8) is 0 Å². The average Bonchev–Trinajstić information content (AvgIpc) is 3.61. The number of anilines is 2. The van der Waals surface area contributed by atoms with Crippen LogP contribution in [0.5, 0.6) is 11.5 Å². The van der Waals surface area contributed by atoms with Crippen LogP contribution in [0.15, 0.2) is 65.9 Å². The van der Waals surface area contributed by atoms with Crippen molar-refractivity contribution in [2.45, 2.75) is 39.7 Å². The molecule has 1 fully saturated rings. The molecular formula is C30H25F5N6O4S. The maximum atomic E-state index is 14.9. The third kappa shape index (κ3) is 7.80. The van der Waals surface area contributed by atoms with Crippen LogP contribution >= 0.6 is 11.8 Å². The number of rotatable bonds is 9. The number of amides is 3. The van der Waals surface area contributed by atoms with Gasteiger partial charge >= 0.3 is 12.4 Å². The molecule has 4 aromatic rings. The lowest BCUT2D eigenvalue weighted by Gasteiger charge is -2.20. The summed E-state index contributed by atoms with van der Waals surface area (Å²) in [6, 6.07) is 11.2. The highest BCUT2D eigenvalue weighted by atomic mass is 32.2. The highest BCUT2D eigenvalue weighted by Crippen LogP contribution is 2.32. The largest absolute Gasteiger partial charge is 0.573 e. The number of carbonyl (C=O) groups is 2. The van der Waals surface area contributed by atoms with Crippen LogP contribution in [0.4, 0.5) is 38.1 Å². The van der Waals surface area contributed by atoms with E-state index >= 15 is 0 Å². The summed E-state index contributed by atoms with van der Waals surface area (Å²) in [5.74, 6) is -3.03. The van der Waals surface area contributed by atoms with Crippen LogP contribution in [0, 0.1) is 18.6 Å². The summed E-state index contributed by atoms with van der Waals surface area (Å²) in [6.45, 7) is 3.57. The molecule has 1 aromatic heterocycles. The van der Waals surface area contributed by atoms with Crippen LogP contribution < -0.4 is 19.7 Å². The molecule has 0 radical (unpaired) electrons. The van der Waals surface area contributed by atoms with Gasteiger partial charge in [0.15, 0.2) is 22.6 Å². The number of ether oxygens (including phenoxy) is 2. The summed E-state index contributed by atoms with van der Waals surface area (Å²) in [6.07, 6.45) is -2.02. The van der Waals surface area contributed by atoms with Crippen LogP contribution in [0.1, 0.15) is 30.3 Å². The van der Waals surface area contributed by atoms with Crippen LogP contribution in [0.25, 0.3) is 5.69 Å². The SMILES string of the molecule is CCCc1ccc(C)cc1N1C(=O)CSC1=NC(=O)Nc1c(F)cc(OCc2ncn(-c3ccc(OC(F)(F)F)cc3)n2)cc1F. The van der Waals surface area contributed by atoms with Gasteiger partial charge in [-0.1, -0.05) is 37.2 Å². The van der Waals surface area contributed by atoms with Crippen LogP contribution in [-0.2, 0) is 17.8 Å². The second-order valence-corrected chi connectivity index (χ2v) is 10.9. The number of alkyl halides is 3. The molecule has 0 unspecified atom stereocenters. The van der Waals surface area contributed by atoms with Gasteiger partial charge in [0.1, 0.15) is 30.1 Å². The number of carbonyl (C=O) groups excluding carboxylic acids is 2. The van der Waals surface area contributed by atoms with Gasteiger partial charge in [-0.25, -0.2) is 23.2 Å². The van der Waals surface area contributed by atoms with E-state index in [9.17, 15) is 31.5 Å². The average molecular weight is 661 g/mol. The fourth-order valence-corrected chi connectivity index (χ4v) is 5.31. The number of benzene rings is 3. The lowest BCUT2D eigenvalue weighted by atomic mass is 10.0. The number of thioether (sulfide) groups is 1. The molecule has 16 heteroatoms. The number of urea groups is 1. The second-order valence-electron chi connectivity index (χ2n) is 9.92. The molecule has 3 amide bonds. The third-order valence-electron chi connectivity index (χ3n) is 6.45. The number of nitrogens with zero attached hydrogens (tertiary/aromatic N) is 5. The number of hydrogen-bond donors (Lipinski definition) is 1. The zero-order valence-electron chi connectivity index (χ0n) is 24.3. The van der Waals surface area contributed by atoms with Gasteiger partial charge in [-0.2, -0.15) is 4.99 Å². The van der Waals surface area contributed by atoms with Crippen LogP contribution in [-0.4, -0.2) is 44.0 Å². The highest BCUT2D eigenvalue weighted by Gasteiger charge is 2.32. The predicted molar refractivity (Wildman–Crippen MR) is 160 cm³/mol. The highest BCUT2D eigenvalue weighted by molar-refractivity contribution is 8.15. The van der Waals surface area contributed by atoms with E-state index in [0.29, 0.717) is 17.8 Å². The summed E-state index contributed by atoms with van der Waals surface area (Å²) in [5.41, 5.74) is 2.03. The minimum Gasteiger partial charge on any atom is -0.485 e. The smallest absolute Gasteiger partial charge is 0.485 e. The minimum atomic E-state index is -4.82. The van der Waals surface area contributed by atoms with Crippen molar-refractivity contribution >= 4 is 40.2 Å². The number of halogens is 5. The Morgan fingerprint density at radius 2 is 1.78 bits per heavy atom. The summed E-state index contributed by atoms with van der Waals surface area (Å²) in [5, 5.41) is 6.32. The Balaban J connectivity index is 1.24. The maximum Gasteiger partial charge on any atom is 0.573 e. The minimum absolute atomic E-state index is 0.0523. The van der Waals surface area contributed by atoms with Gasteiger partial charge in [0.2, 0.25) is 5.91 Å². The number of amidine groups is 1. The van der Waals surface area contributed by atoms with Gasteiger partial charge in [0.25, 0.3) is 0 Å². The van der Waals surface area contributed by atoms with Crippen LogP contribution in [0.2, 0.25) is 0 Å². The monoisotopic (exact) mass is 660 g/mol. The molecule has 0 bridgehead atoms. The van der Waals surface area contributed by atoms with Crippen molar-refractivity contribution in [1.29, 1.82) is 0 Å². The fraction of sp³-hybridized carbons (Fsp3) is 0.233. The lowest BCUT2D eigenvalue weighted by Crippen LogP contribution is -2.31. The molecule has 1 N–H and O–H groups in total. The van der Waals surface area contributed by atoms with E-state index in [2.05, 4.69) is 25.1 Å². The Bertz CT molecular complexity index is 1770. The van der Waals surface area contributed by atoms with Gasteiger partial charge in [-0.05, 0) is 54.8 Å². The van der Waals surface area contributed by atoms with E-state index in [0.717, 1.165) is 53.6 Å². The topological polar surface area (TPSA) is 111 Å². The van der Waals surface area contributed by atoms with Gasteiger partial charge in [0.05, 0.1) is 17.1 Å². The first-order chi connectivity index (χ1) is 21.9. The van der Waals surface area contributed by atoms with Gasteiger partial charge in [-0.15, -0.1) is 18.3 Å². The molecular weight excluding hydrogens is 635 g/mol. The Hall–Kier alpha value is -4.99. The summed E-state index contributed by atoms with van der Waals surface area (Å²) in [4.78, 5) is 34.8. The number of aryl methyl sites for hydroxylation is 2. The molecule has 2 heterocycles. The number of aliphatic imine (C=N–C) groups is 1. The van der Waals surface area contributed by atoms with Crippen molar-refractivity contribution in [2.75, 3.05) is 16.0 Å². The third-order valence-corrected chi connectivity index (χ3v) is 7.38. The first-order valence-electron chi connectivity index (χ1n) is 13.7. The standard InChI is InChI=1S/C30H25F5N6O4S/c1-3-4-18-6-5-17(2)11-24(18)41-26(42)15-46-29(41)38-28(43)37-27-22(31)12-21(13-23(27)32)44-14-25-36-16-40(39-25)19-7-9-20(10-8-19)45-30(33,34)35/h5-13,16H,3-4,14-15H2,1-2H3,(H,37,43). The molecule has 0 atom stereocenters. The quantitative estimate of drug-likeness (QED) is 0.194. The number of nitrogens with one attached hydrogen (secondary N) is 1.